The first-order chi connectivity index (χ1) is 18.6. The molecule has 3 aromatic carbocycles. The number of rotatable bonds is 5. The molecule has 39 heavy (non-hydrogen) atoms. The highest BCUT2D eigenvalue weighted by molar-refractivity contribution is 7.90. The third-order valence-electron chi connectivity index (χ3n) is 7.25. The number of aryl methyl sites for hydroxylation is 1. The molecule has 0 N–H and O–H groups in total. The van der Waals surface area contributed by atoms with Crippen molar-refractivity contribution in [1.29, 1.82) is 0 Å². The molecule has 2 heterocycles. The maximum absolute atomic E-state index is 13.4. The summed E-state index contributed by atoms with van der Waals surface area (Å²) in [7, 11) is 1.51. The fraction of sp³-hybridized carbons (Fsp3) is 0.345. The summed E-state index contributed by atoms with van der Waals surface area (Å²) in [5.41, 5.74) is 4.48. The van der Waals surface area contributed by atoms with E-state index in [0.29, 0.717) is 21.9 Å². The number of sulfone groups is 1. The van der Waals surface area contributed by atoms with E-state index < -0.39 is 15.8 Å². The molecule has 0 aliphatic carbocycles. The summed E-state index contributed by atoms with van der Waals surface area (Å²) in [6.45, 7) is 5.91. The number of benzene rings is 3. The Labute approximate surface area is 234 Å². The number of ether oxygens (including phenoxy) is 2. The monoisotopic (exact) mass is 569 g/mol. The average Bonchev–Trinajstić information content (AvgIpc) is 3.02. The first-order valence-electron chi connectivity index (χ1n) is 12.8. The van der Waals surface area contributed by atoms with E-state index in [2.05, 4.69) is 39.0 Å². The second-order valence-corrected chi connectivity index (χ2v) is 12.6. The lowest BCUT2D eigenvalue weighted by atomic mass is 10.1. The van der Waals surface area contributed by atoms with Crippen molar-refractivity contribution < 1.29 is 22.7 Å². The SMILES string of the molecule is COC(=O)c1cc(C)c2c(c1)S(=O)(=O)Cc1cc(N3CCN(Cc4ccc(N(C)C)cc4)CC3)cc(Cl)c1O2. The molecule has 3 aromatic rings. The molecule has 0 unspecified atom stereocenters. The summed E-state index contributed by atoms with van der Waals surface area (Å²) in [5.74, 6) is -0.377. The number of fused-ring (bicyclic) bond motifs is 2. The minimum atomic E-state index is -3.82. The Kier molecular flexibility index (Phi) is 7.50. The Morgan fingerprint density at radius 2 is 1.72 bits per heavy atom. The van der Waals surface area contributed by atoms with Crippen molar-refractivity contribution in [3.8, 4) is 11.5 Å². The number of esters is 1. The number of piperazine rings is 1. The van der Waals surface area contributed by atoms with Crippen LogP contribution in [0.5, 0.6) is 11.5 Å². The molecule has 0 amide bonds. The third kappa shape index (κ3) is 5.57. The fourth-order valence-corrected chi connectivity index (χ4v) is 6.93. The van der Waals surface area contributed by atoms with Gasteiger partial charge in [0.05, 0.1) is 23.4 Å². The molecule has 0 atom stereocenters. The van der Waals surface area contributed by atoms with Crippen LogP contribution in [0.15, 0.2) is 53.4 Å². The van der Waals surface area contributed by atoms with Crippen molar-refractivity contribution in [1.82, 2.24) is 4.90 Å². The van der Waals surface area contributed by atoms with Crippen LogP contribution in [0, 0.1) is 6.92 Å². The Morgan fingerprint density at radius 3 is 2.36 bits per heavy atom. The molecule has 8 nitrogen and oxygen atoms in total. The number of anilines is 2. The number of hydrogen-bond acceptors (Lipinski definition) is 8. The Bertz CT molecular complexity index is 1510. The lowest BCUT2D eigenvalue weighted by molar-refractivity contribution is 0.0600. The van der Waals surface area contributed by atoms with Gasteiger partial charge >= 0.3 is 5.97 Å². The van der Waals surface area contributed by atoms with Gasteiger partial charge in [0, 0.05) is 63.8 Å². The Morgan fingerprint density at radius 1 is 1.03 bits per heavy atom. The maximum atomic E-state index is 13.4. The average molecular weight is 570 g/mol. The molecule has 5 rings (SSSR count). The molecule has 2 aliphatic rings. The van der Waals surface area contributed by atoms with Crippen molar-refractivity contribution in [3.05, 3.63) is 75.8 Å². The smallest absolute Gasteiger partial charge is 0.337 e. The van der Waals surface area contributed by atoms with Gasteiger partial charge in [0.2, 0.25) is 0 Å². The predicted molar refractivity (Wildman–Crippen MR) is 153 cm³/mol. The second kappa shape index (κ2) is 10.7. The van der Waals surface area contributed by atoms with Crippen LogP contribution in [0.2, 0.25) is 5.02 Å². The first-order valence-corrected chi connectivity index (χ1v) is 14.8. The fourth-order valence-electron chi connectivity index (χ4n) is 5.08. The number of carbonyl (C=O) groups is 1. The summed E-state index contributed by atoms with van der Waals surface area (Å²) in [5, 5.41) is 0.352. The van der Waals surface area contributed by atoms with Crippen molar-refractivity contribution in [2.75, 3.05) is 57.2 Å². The van der Waals surface area contributed by atoms with Crippen molar-refractivity contribution in [2.45, 2.75) is 24.1 Å². The second-order valence-electron chi connectivity index (χ2n) is 10.2. The minimum absolute atomic E-state index is 0.0380. The number of methoxy groups -OCH3 is 1. The topological polar surface area (TPSA) is 79.4 Å². The zero-order valence-corrected chi connectivity index (χ0v) is 24.1. The van der Waals surface area contributed by atoms with Gasteiger partial charge in [0.1, 0.15) is 16.4 Å². The molecule has 1 saturated heterocycles. The molecule has 10 heteroatoms. The molecule has 0 radical (unpaired) electrons. The summed E-state index contributed by atoms with van der Waals surface area (Å²) >= 11 is 6.69. The van der Waals surface area contributed by atoms with E-state index >= 15 is 0 Å². The lowest BCUT2D eigenvalue weighted by Crippen LogP contribution is -2.46. The molecule has 2 aliphatic heterocycles. The van der Waals surface area contributed by atoms with Gasteiger partial charge in [-0.25, -0.2) is 13.2 Å². The van der Waals surface area contributed by atoms with Gasteiger partial charge in [0.25, 0.3) is 0 Å². The molecule has 1 fully saturated rings. The van der Waals surface area contributed by atoms with E-state index in [4.69, 9.17) is 21.1 Å². The van der Waals surface area contributed by atoms with Crippen LogP contribution >= 0.6 is 11.6 Å². The van der Waals surface area contributed by atoms with Crippen LogP contribution in [0.4, 0.5) is 11.4 Å². The number of halogens is 1. The molecular weight excluding hydrogens is 538 g/mol. The predicted octanol–water partition coefficient (Wildman–Crippen LogP) is 4.90. The standard InChI is InChI=1S/C29H32ClN3O5S/c1-19-13-21(29(34)37-4)15-26-27(19)38-28-22(18-39(26,35)36)14-24(16-25(28)30)33-11-9-32(10-12-33)17-20-5-7-23(8-6-20)31(2)3/h5-8,13-16H,9-12,17-18H2,1-4H3. The van der Waals surface area contributed by atoms with Crippen LogP contribution < -0.4 is 14.5 Å². The van der Waals surface area contributed by atoms with E-state index in [0.717, 1.165) is 38.4 Å². The van der Waals surface area contributed by atoms with Gasteiger partial charge in [-0.05, 0) is 54.4 Å². The highest BCUT2D eigenvalue weighted by Crippen LogP contribution is 2.45. The van der Waals surface area contributed by atoms with Crippen molar-refractivity contribution in [2.24, 2.45) is 0 Å². The number of nitrogens with zero attached hydrogens (tertiary/aromatic N) is 3. The lowest BCUT2D eigenvalue weighted by Gasteiger charge is -2.36. The van der Waals surface area contributed by atoms with Gasteiger partial charge in [-0.15, -0.1) is 0 Å². The number of hydrogen-bond donors (Lipinski definition) is 0. The van der Waals surface area contributed by atoms with Gasteiger partial charge in [-0.3, -0.25) is 4.90 Å². The summed E-state index contributed by atoms with van der Waals surface area (Å²) < 4.78 is 37.8. The molecule has 0 bridgehead atoms. The minimum Gasteiger partial charge on any atom is -0.465 e. The maximum Gasteiger partial charge on any atom is 0.337 e. The van der Waals surface area contributed by atoms with Crippen LogP contribution in [-0.2, 0) is 26.9 Å². The van der Waals surface area contributed by atoms with Crippen LogP contribution in [0.25, 0.3) is 0 Å². The van der Waals surface area contributed by atoms with Crippen molar-refractivity contribution in [3.63, 3.8) is 0 Å². The van der Waals surface area contributed by atoms with E-state index in [1.165, 1.54) is 24.4 Å². The molecule has 206 valence electrons. The summed E-state index contributed by atoms with van der Waals surface area (Å²) in [6, 6.07) is 15.2. The first kappa shape index (κ1) is 27.3. The quantitative estimate of drug-likeness (QED) is 0.401. The van der Waals surface area contributed by atoms with E-state index in [1.807, 2.05) is 26.2 Å². The zero-order valence-electron chi connectivity index (χ0n) is 22.5. The third-order valence-corrected chi connectivity index (χ3v) is 9.19. The normalized spacial score (nSPS) is 16.5. The molecular formula is C29H32ClN3O5S. The summed E-state index contributed by atoms with van der Waals surface area (Å²) in [4.78, 5) is 18.8. The Hall–Kier alpha value is -3.27. The summed E-state index contributed by atoms with van der Waals surface area (Å²) in [6.07, 6.45) is 0. The van der Waals surface area contributed by atoms with Gasteiger partial charge in [-0.2, -0.15) is 0 Å². The highest BCUT2D eigenvalue weighted by Gasteiger charge is 2.32. The van der Waals surface area contributed by atoms with E-state index in [9.17, 15) is 13.2 Å². The van der Waals surface area contributed by atoms with Crippen LogP contribution in [0.1, 0.15) is 27.0 Å². The highest BCUT2D eigenvalue weighted by atomic mass is 35.5. The van der Waals surface area contributed by atoms with Crippen LogP contribution in [-0.4, -0.2) is 66.7 Å². The van der Waals surface area contributed by atoms with Crippen molar-refractivity contribution >= 4 is 38.8 Å². The van der Waals surface area contributed by atoms with E-state index in [-0.39, 0.29) is 22.0 Å². The van der Waals surface area contributed by atoms with E-state index in [1.54, 1.807) is 13.0 Å². The largest absolute Gasteiger partial charge is 0.465 e. The Balaban J connectivity index is 1.35. The molecule has 0 spiro atoms. The molecule has 0 saturated carbocycles. The molecule has 0 aromatic heterocycles. The van der Waals surface area contributed by atoms with Crippen LogP contribution in [0.3, 0.4) is 0 Å². The van der Waals surface area contributed by atoms with Gasteiger partial charge in [0.15, 0.2) is 9.84 Å². The van der Waals surface area contributed by atoms with Gasteiger partial charge < -0.3 is 19.3 Å². The van der Waals surface area contributed by atoms with Gasteiger partial charge in [-0.1, -0.05) is 23.7 Å². The zero-order chi connectivity index (χ0) is 27.9. The number of carbonyl (C=O) groups excluding carboxylic acids is 1.